The molecule has 0 saturated heterocycles. The molecule has 23 heavy (non-hydrogen) atoms. The lowest BCUT2D eigenvalue weighted by Gasteiger charge is -2.11. The summed E-state index contributed by atoms with van der Waals surface area (Å²) < 4.78 is 0. The second-order valence-electron chi connectivity index (χ2n) is 5.17. The van der Waals surface area contributed by atoms with Crippen molar-refractivity contribution < 1.29 is 4.79 Å². The first kappa shape index (κ1) is 17.5. The van der Waals surface area contributed by atoms with Crippen LogP contribution in [0.25, 0.3) is 0 Å². The zero-order valence-electron chi connectivity index (χ0n) is 13.1. The third kappa shape index (κ3) is 5.35. The predicted octanol–water partition coefficient (Wildman–Crippen LogP) is 4.37. The minimum Gasteiger partial charge on any atom is -0.308 e. The minimum absolute atomic E-state index is 0.342. The molecule has 0 saturated carbocycles. The first-order valence-corrected chi connectivity index (χ1v) is 8.31. The van der Waals surface area contributed by atoms with Gasteiger partial charge in [-0.15, -0.1) is 17.9 Å². The molecule has 5 nitrogen and oxygen atoms in total. The van der Waals surface area contributed by atoms with Crippen LogP contribution in [0, 0.1) is 6.92 Å². The predicted molar refractivity (Wildman–Crippen MR) is 97.5 cm³/mol. The lowest BCUT2D eigenvalue weighted by molar-refractivity contribution is 0.262. The Morgan fingerprint density at radius 2 is 2.26 bits per heavy atom. The number of hydrogen-bond donors (Lipinski definition) is 2. The van der Waals surface area contributed by atoms with Gasteiger partial charge in [0.25, 0.3) is 0 Å². The van der Waals surface area contributed by atoms with Crippen LogP contribution in [0.2, 0.25) is 5.02 Å². The fourth-order valence-electron chi connectivity index (χ4n) is 1.93. The van der Waals surface area contributed by atoms with Crippen LogP contribution in [0.4, 0.5) is 15.6 Å². The number of carbonyl (C=O) groups excluding carboxylic acids is 1. The highest BCUT2D eigenvalue weighted by molar-refractivity contribution is 7.13. The van der Waals surface area contributed by atoms with E-state index in [0.29, 0.717) is 22.4 Å². The van der Waals surface area contributed by atoms with Gasteiger partial charge in [0.1, 0.15) is 0 Å². The Morgan fingerprint density at radius 1 is 1.48 bits per heavy atom. The highest BCUT2D eigenvalue weighted by Crippen LogP contribution is 2.21. The number of benzene rings is 1. The van der Waals surface area contributed by atoms with Crippen LogP contribution in [-0.4, -0.2) is 29.5 Å². The second kappa shape index (κ2) is 8.10. The van der Waals surface area contributed by atoms with Crippen molar-refractivity contribution >= 4 is 39.8 Å². The molecule has 0 fully saturated rings. The molecule has 1 aromatic heterocycles. The van der Waals surface area contributed by atoms with E-state index in [1.54, 1.807) is 12.1 Å². The van der Waals surface area contributed by atoms with Crippen molar-refractivity contribution in [1.82, 2.24) is 9.88 Å². The van der Waals surface area contributed by atoms with E-state index < -0.39 is 0 Å². The smallest absolute Gasteiger partial charge is 0.308 e. The lowest BCUT2D eigenvalue weighted by Crippen LogP contribution is -2.20. The van der Waals surface area contributed by atoms with Crippen molar-refractivity contribution in [2.45, 2.75) is 13.5 Å². The number of hydrogen-bond acceptors (Lipinski definition) is 4. The van der Waals surface area contributed by atoms with E-state index in [9.17, 15) is 4.79 Å². The Morgan fingerprint density at radius 3 is 2.96 bits per heavy atom. The number of rotatable bonds is 6. The topological polar surface area (TPSA) is 57.3 Å². The number of carbonyl (C=O) groups is 1. The molecule has 2 amide bonds. The Labute approximate surface area is 145 Å². The molecule has 1 heterocycles. The van der Waals surface area contributed by atoms with Crippen molar-refractivity contribution in [2.24, 2.45) is 0 Å². The highest BCUT2D eigenvalue weighted by Gasteiger charge is 2.08. The van der Waals surface area contributed by atoms with E-state index >= 15 is 0 Å². The summed E-state index contributed by atoms with van der Waals surface area (Å²) in [5, 5.41) is 8.56. The van der Waals surface area contributed by atoms with E-state index in [4.69, 9.17) is 11.6 Å². The molecule has 0 radical (unpaired) electrons. The molecule has 0 unspecified atom stereocenters. The molecule has 7 heteroatoms. The molecule has 0 aliphatic carbocycles. The number of aromatic nitrogens is 1. The molecule has 0 atom stereocenters. The van der Waals surface area contributed by atoms with Crippen molar-refractivity contribution in [3.05, 3.63) is 52.5 Å². The molecule has 0 spiro atoms. The van der Waals surface area contributed by atoms with Crippen molar-refractivity contribution in [3.8, 4) is 0 Å². The maximum atomic E-state index is 12.0. The van der Waals surface area contributed by atoms with Gasteiger partial charge in [0.15, 0.2) is 5.13 Å². The molecule has 2 aromatic rings. The van der Waals surface area contributed by atoms with Gasteiger partial charge >= 0.3 is 6.03 Å². The maximum Gasteiger partial charge on any atom is 0.325 e. The Balaban J connectivity index is 1.91. The second-order valence-corrected chi connectivity index (χ2v) is 6.44. The first-order valence-electron chi connectivity index (χ1n) is 7.06. The maximum absolute atomic E-state index is 12.0. The van der Waals surface area contributed by atoms with E-state index in [2.05, 4.69) is 27.1 Å². The van der Waals surface area contributed by atoms with Gasteiger partial charge in [0.05, 0.1) is 5.69 Å². The van der Waals surface area contributed by atoms with Crippen molar-refractivity contribution in [2.75, 3.05) is 24.2 Å². The third-order valence-corrected chi connectivity index (χ3v) is 4.29. The van der Waals surface area contributed by atoms with Crippen LogP contribution < -0.4 is 10.6 Å². The van der Waals surface area contributed by atoms with Crippen LogP contribution in [-0.2, 0) is 6.54 Å². The molecule has 0 aliphatic heterocycles. The van der Waals surface area contributed by atoms with E-state index in [1.165, 1.54) is 11.3 Å². The van der Waals surface area contributed by atoms with Crippen LogP contribution in [0.5, 0.6) is 0 Å². The fourth-order valence-corrected chi connectivity index (χ4v) is 2.81. The third-order valence-electron chi connectivity index (χ3n) is 3.07. The van der Waals surface area contributed by atoms with Crippen LogP contribution >= 0.6 is 22.9 Å². The molecule has 122 valence electrons. The summed E-state index contributed by atoms with van der Waals surface area (Å²) in [6, 6.07) is 5.03. The van der Waals surface area contributed by atoms with Gasteiger partial charge in [-0.3, -0.25) is 10.2 Å². The normalized spacial score (nSPS) is 10.6. The summed E-state index contributed by atoms with van der Waals surface area (Å²) in [5.74, 6) is 0. The molecule has 1 aromatic carbocycles. The van der Waals surface area contributed by atoms with Crippen LogP contribution in [0.3, 0.4) is 0 Å². The molecular weight excluding hydrogens is 332 g/mol. The number of thiazole rings is 1. The highest BCUT2D eigenvalue weighted by atomic mass is 35.5. The zero-order chi connectivity index (χ0) is 16.8. The van der Waals surface area contributed by atoms with Gasteiger partial charge in [-0.25, -0.2) is 9.78 Å². The number of nitrogens with zero attached hydrogens (tertiary/aromatic N) is 2. The Bertz CT molecular complexity index is 701. The summed E-state index contributed by atoms with van der Waals surface area (Å²) in [5.41, 5.74) is 2.51. The van der Waals surface area contributed by atoms with Crippen LogP contribution in [0.15, 0.2) is 36.2 Å². The van der Waals surface area contributed by atoms with Gasteiger partial charge in [-0.2, -0.15) is 0 Å². The molecular formula is C16H19ClN4OS. The number of amides is 2. The average Bonchev–Trinajstić information content (AvgIpc) is 2.90. The number of aryl methyl sites for hydroxylation is 1. The summed E-state index contributed by atoms with van der Waals surface area (Å²) in [7, 11) is 1.99. The summed E-state index contributed by atoms with van der Waals surface area (Å²) >= 11 is 7.43. The van der Waals surface area contributed by atoms with E-state index in [-0.39, 0.29) is 6.03 Å². The zero-order valence-corrected chi connectivity index (χ0v) is 14.7. The number of nitrogens with one attached hydrogen (secondary N) is 2. The minimum atomic E-state index is -0.342. The van der Waals surface area contributed by atoms with Crippen LogP contribution in [0.1, 0.15) is 11.3 Å². The number of anilines is 2. The Hall–Kier alpha value is -1.89. The van der Waals surface area contributed by atoms with Gasteiger partial charge < -0.3 is 5.32 Å². The van der Waals surface area contributed by atoms with E-state index in [0.717, 1.165) is 17.8 Å². The van der Waals surface area contributed by atoms with Crippen molar-refractivity contribution in [3.63, 3.8) is 0 Å². The Kier molecular flexibility index (Phi) is 6.15. The lowest BCUT2D eigenvalue weighted by atomic mass is 10.2. The van der Waals surface area contributed by atoms with Gasteiger partial charge in [-0.05, 0) is 31.7 Å². The summed E-state index contributed by atoms with van der Waals surface area (Å²) in [4.78, 5) is 18.5. The first-order chi connectivity index (χ1) is 11.0. The fraction of sp³-hybridized carbons (Fsp3) is 0.250. The van der Waals surface area contributed by atoms with Gasteiger partial charge in [-0.1, -0.05) is 23.7 Å². The largest absolute Gasteiger partial charge is 0.325 e. The standard InChI is InChI=1S/C16H19ClN4OS/c1-4-7-21(3)9-13-10-23-16(19-13)20-15(22)18-12-6-5-11(2)14(17)8-12/h4-6,8,10H,1,7,9H2,2-3H3,(H2,18,19,20,22). The molecule has 0 bridgehead atoms. The SMILES string of the molecule is C=CCN(C)Cc1csc(NC(=O)Nc2ccc(C)c(Cl)c2)n1. The van der Waals surface area contributed by atoms with E-state index in [1.807, 2.05) is 31.5 Å². The van der Waals surface area contributed by atoms with Gasteiger partial charge in [0.2, 0.25) is 0 Å². The molecule has 0 aliphatic rings. The summed E-state index contributed by atoms with van der Waals surface area (Å²) in [6.45, 7) is 7.11. The van der Waals surface area contributed by atoms with Gasteiger partial charge in [0, 0.05) is 29.2 Å². The quantitative estimate of drug-likeness (QED) is 0.761. The molecule has 2 rings (SSSR count). The molecule has 2 N–H and O–H groups in total. The monoisotopic (exact) mass is 350 g/mol. The van der Waals surface area contributed by atoms with Crippen molar-refractivity contribution in [1.29, 1.82) is 0 Å². The number of halogens is 1. The average molecular weight is 351 g/mol. The number of urea groups is 1. The summed E-state index contributed by atoms with van der Waals surface area (Å²) in [6.07, 6.45) is 1.84. The number of likely N-dealkylation sites (N-methyl/N-ethyl adjacent to an activating group) is 1.